The summed E-state index contributed by atoms with van der Waals surface area (Å²) in [6.45, 7) is 1.44. The summed E-state index contributed by atoms with van der Waals surface area (Å²) in [4.78, 5) is 8.42. The Bertz CT molecular complexity index is 1010. The highest BCUT2D eigenvalue weighted by molar-refractivity contribution is 6.33. The van der Waals surface area contributed by atoms with Crippen LogP contribution in [0.15, 0.2) is 18.5 Å². The number of nitrogens with zero attached hydrogens (tertiary/aromatic N) is 5. The average molecular weight is 424 g/mol. The predicted molar refractivity (Wildman–Crippen MR) is 89.6 cm³/mol. The van der Waals surface area contributed by atoms with E-state index in [1.165, 1.54) is 13.8 Å². The molecule has 1 aromatic carbocycles. The molecule has 0 aliphatic heterocycles. The van der Waals surface area contributed by atoms with Crippen molar-refractivity contribution >= 4 is 23.2 Å². The Kier molecular flexibility index (Phi) is 5.13. The Morgan fingerprint density at radius 1 is 1.11 bits per heavy atom. The van der Waals surface area contributed by atoms with Crippen LogP contribution < -0.4 is 4.90 Å². The minimum Gasteiger partial charge on any atom is -0.344 e. The summed E-state index contributed by atoms with van der Waals surface area (Å²) in [5, 5.41) is 3.31. The van der Waals surface area contributed by atoms with Crippen LogP contribution in [0.1, 0.15) is 13.8 Å². The van der Waals surface area contributed by atoms with Crippen molar-refractivity contribution in [3.05, 3.63) is 41.1 Å². The molecule has 3 aromatic rings. The van der Waals surface area contributed by atoms with Gasteiger partial charge in [0.05, 0.1) is 11.1 Å². The molecule has 150 valence electrons. The van der Waals surface area contributed by atoms with E-state index in [9.17, 15) is 26.3 Å². The van der Waals surface area contributed by atoms with Gasteiger partial charge in [-0.15, -0.1) is 0 Å². The van der Waals surface area contributed by atoms with Gasteiger partial charge >= 0.3 is 6.18 Å². The number of aromatic nitrogens is 4. The van der Waals surface area contributed by atoms with Crippen molar-refractivity contribution in [2.24, 2.45) is 0 Å². The third kappa shape index (κ3) is 3.71. The van der Waals surface area contributed by atoms with Gasteiger partial charge in [0.25, 0.3) is 5.78 Å². The van der Waals surface area contributed by atoms with E-state index in [1.54, 1.807) is 0 Å². The number of hydrogen-bond donors (Lipinski definition) is 0. The number of hydrogen-bond acceptors (Lipinski definition) is 4. The van der Waals surface area contributed by atoms with E-state index in [1.807, 2.05) is 0 Å². The predicted octanol–water partition coefficient (Wildman–Crippen LogP) is 4.64. The molecule has 0 bridgehead atoms. The summed E-state index contributed by atoms with van der Waals surface area (Å²) < 4.78 is 82.7. The minimum absolute atomic E-state index is 0.167. The standard InChI is InChI=1S/C16H12ClF6N5/c1-7(2)27(5-16(21,22)23)14-12(11-9(19)3-8(18)4-10(11)20)13(17)26-15-24-6-25-28(14)15/h3-4,6-7H,5H2,1-2H3. The van der Waals surface area contributed by atoms with Crippen molar-refractivity contribution in [3.8, 4) is 11.1 Å². The molecule has 0 aliphatic rings. The maximum Gasteiger partial charge on any atom is 0.405 e. The van der Waals surface area contributed by atoms with E-state index < -0.39 is 52.5 Å². The highest BCUT2D eigenvalue weighted by atomic mass is 35.5. The number of rotatable bonds is 4. The van der Waals surface area contributed by atoms with Gasteiger partial charge in [0, 0.05) is 18.2 Å². The lowest BCUT2D eigenvalue weighted by atomic mass is 10.0. The molecule has 2 aromatic heterocycles. The molecule has 3 rings (SSSR count). The van der Waals surface area contributed by atoms with Gasteiger partial charge in [-0.2, -0.15) is 32.8 Å². The van der Waals surface area contributed by atoms with Gasteiger partial charge in [-0.25, -0.2) is 13.2 Å². The first-order valence-corrected chi connectivity index (χ1v) is 8.25. The van der Waals surface area contributed by atoms with E-state index in [2.05, 4.69) is 15.1 Å². The zero-order valence-corrected chi connectivity index (χ0v) is 15.2. The van der Waals surface area contributed by atoms with Crippen molar-refractivity contribution < 1.29 is 26.3 Å². The summed E-state index contributed by atoms with van der Waals surface area (Å²) in [5.74, 6) is -4.43. The molecule has 0 aliphatic carbocycles. The van der Waals surface area contributed by atoms with Gasteiger partial charge in [-0.3, -0.25) is 0 Å². The smallest absolute Gasteiger partial charge is 0.344 e. The van der Waals surface area contributed by atoms with Gasteiger partial charge in [0.15, 0.2) is 0 Å². The lowest BCUT2D eigenvalue weighted by Gasteiger charge is -2.31. The fourth-order valence-corrected chi connectivity index (χ4v) is 3.01. The van der Waals surface area contributed by atoms with Gasteiger partial charge in [-0.05, 0) is 13.8 Å². The lowest BCUT2D eigenvalue weighted by Crippen LogP contribution is -2.40. The second kappa shape index (κ2) is 7.12. The second-order valence-electron chi connectivity index (χ2n) is 6.15. The topological polar surface area (TPSA) is 46.3 Å². The molecule has 5 nitrogen and oxygen atoms in total. The van der Waals surface area contributed by atoms with Crippen molar-refractivity contribution in [2.75, 3.05) is 11.4 Å². The Morgan fingerprint density at radius 3 is 2.25 bits per heavy atom. The quantitative estimate of drug-likeness (QED) is 0.453. The van der Waals surface area contributed by atoms with E-state index in [0.717, 1.165) is 15.7 Å². The summed E-state index contributed by atoms with van der Waals surface area (Å²) in [7, 11) is 0. The van der Waals surface area contributed by atoms with Crippen LogP contribution in [0.2, 0.25) is 5.15 Å². The van der Waals surface area contributed by atoms with Crippen LogP contribution in [0, 0.1) is 17.5 Å². The van der Waals surface area contributed by atoms with Crippen LogP contribution in [0.3, 0.4) is 0 Å². The van der Waals surface area contributed by atoms with Crippen molar-refractivity contribution in [3.63, 3.8) is 0 Å². The SMILES string of the molecule is CC(C)N(CC(F)(F)F)c1c(-c2c(F)cc(F)cc2F)c(Cl)nc2ncnn12. The maximum atomic E-state index is 14.4. The molecule has 12 heteroatoms. The fraction of sp³-hybridized carbons (Fsp3) is 0.312. The molecule has 0 unspecified atom stereocenters. The third-order valence-electron chi connectivity index (χ3n) is 3.86. The fourth-order valence-electron chi connectivity index (χ4n) is 2.76. The molecule has 2 heterocycles. The zero-order chi connectivity index (χ0) is 20.8. The molecular weight excluding hydrogens is 412 g/mol. The third-order valence-corrected chi connectivity index (χ3v) is 4.13. The normalized spacial score (nSPS) is 12.2. The number of alkyl halides is 3. The highest BCUT2D eigenvalue weighted by Gasteiger charge is 2.36. The van der Waals surface area contributed by atoms with E-state index in [0.29, 0.717) is 12.1 Å². The Morgan fingerprint density at radius 2 is 1.71 bits per heavy atom. The summed E-state index contributed by atoms with van der Waals surface area (Å²) in [6.07, 6.45) is -3.64. The minimum atomic E-state index is -4.65. The Labute approximate surface area is 159 Å². The molecule has 28 heavy (non-hydrogen) atoms. The first kappa shape index (κ1) is 20.2. The Balaban J connectivity index is 2.41. The van der Waals surface area contributed by atoms with Gasteiger partial charge in [0.1, 0.15) is 41.3 Å². The van der Waals surface area contributed by atoms with E-state index >= 15 is 0 Å². The average Bonchev–Trinajstić information content (AvgIpc) is 2.99. The number of fused-ring (bicyclic) bond motifs is 1. The second-order valence-corrected chi connectivity index (χ2v) is 6.51. The monoisotopic (exact) mass is 423 g/mol. The van der Waals surface area contributed by atoms with Crippen molar-refractivity contribution in [1.82, 2.24) is 19.6 Å². The number of anilines is 1. The largest absolute Gasteiger partial charge is 0.405 e. The van der Waals surface area contributed by atoms with Gasteiger partial charge in [-0.1, -0.05) is 11.6 Å². The van der Waals surface area contributed by atoms with Crippen LogP contribution in [0.4, 0.5) is 32.2 Å². The number of halogens is 7. The van der Waals surface area contributed by atoms with Crippen LogP contribution >= 0.6 is 11.6 Å². The lowest BCUT2D eigenvalue weighted by molar-refractivity contribution is -0.120. The highest BCUT2D eigenvalue weighted by Crippen LogP contribution is 2.40. The molecule has 0 saturated heterocycles. The Hall–Kier alpha value is -2.56. The summed E-state index contributed by atoms with van der Waals surface area (Å²) >= 11 is 6.08. The first-order chi connectivity index (χ1) is 13.0. The van der Waals surface area contributed by atoms with Crippen LogP contribution in [0.25, 0.3) is 16.9 Å². The molecule has 0 amide bonds. The van der Waals surface area contributed by atoms with Crippen molar-refractivity contribution in [1.29, 1.82) is 0 Å². The van der Waals surface area contributed by atoms with Crippen LogP contribution in [-0.2, 0) is 0 Å². The summed E-state index contributed by atoms with van der Waals surface area (Å²) in [6, 6.07) is 0.0129. The van der Waals surface area contributed by atoms with Gasteiger partial charge < -0.3 is 4.90 Å². The van der Waals surface area contributed by atoms with Crippen molar-refractivity contribution in [2.45, 2.75) is 26.1 Å². The first-order valence-electron chi connectivity index (χ1n) is 7.87. The maximum absolute atomic E-state index is 14.4. The van der Waals surface area contributed by atoms with Gasteiger partial charge in [0.2, 0.25) is 0 Å². The van der Waals surface area contributed by atoms with E-state index in [4.69, 9.17) is 11.6 Å². The summed E-state index contributed by atoms with van der Waals surface area (Å²) in [5.41, 5.74) is -1.31. The molecule has 0 saturated carbocycles. The molecule has 0 spiro atoms. The zero-order valence-electron chi connectivity index (χ0n) is 14.4. The molecule has 0 radical (unpaired) electrons. The molecular formula is C16H12ClF6N5. The van der Waals surface area contributed by atoms with E-state index in [-0.39, 0.29) is 11.6 Å². The van der Waals surface area contributed by atoms with Crippen LogP contribution in [-0.4, -0.2) is 38.3 Å². The number of benzene rings is 1. The molecule has 0 atom stereocenters. The molecule has 0 N–H and O–H groups in total. The molecule has 0 fully saturated rings. The van der Waals surface area contributed by atoms with Crippen LogP contribution in [0.5, 0.6) is 0 Å².